The van der Waals surface area contributed by atoms with Crippen molar-refractivity contribution in [3.63, 3.8) is 0 Å². The minimum atomic E-state index is -3.94. The maximum Gasteiger partial charge on any atom is 0.246 e. The average Bonchev–Trinajstić information content (AvgIpc) is 2.62. The van der Waals surface area contributed by atoms with Crippen molar-refractivity contribution in [3.8, 4) is 5.75 Å². The van der Waals surface area contributed by atoms with Crippen molar-refractivity contribution < 1.29 is 22.3 Å². The van der Waals surface area contributed by atoms with Crippen LogP contribution in [0.5, 0.6) is 5.75 Å². The summed E-state index contributed by atoms with van der Waals surface area (Å²) < 4.78 is 45.9. The fraction of sp³-hybridized carbons (Fsp3) is 0.611. The van der Waals surface area contributed by atoms with Crippen molar-refractivity contribution in [1.29, 1.82) is 0 Å². The van der Waals surface area contributed by atoms with Gasteiger partial charge in [0.15, 0.2) is 0 Å². The first-order valence-electron chi connectivity index (χ1n) is 8.93. The van der Waals surface area contributed by atoms with Crippen LogP contribution in [-0.4, -0.2) is 44.9 Å². The molecule has 1 heterocycles. The quantitative estimate of drug-likeness (QED) is 0.781. The summed E-state index contributed by atoms with van der Waals surface area (Å²) in [5.74, 6) is -1.09. The van der Waals surface area contributed by atoms with Crippen LogP contribution in [0.1, 0.15) is 39.5 Å². The Morgan fingerprint density at radius 3 is 2.85 bits per heavy atom. The number of nitrogens with zero attached hydrogens (tertiary/aromatic N) is 1. The van der Waals surface area contributed by atoms with Gasteiger partial charge in [0.25, 0.3) is 0 Å². The summed E-state index contributed by atoms with van der Waals surface area (Å²) in [5.41, 5.74) is 0. The summed E-state index contributed by atoms with van der Waals surface area (Å²) in [4.78, 5) is 12.2. The van der Waals surface area contributed by atoms with Crippen molar-refractivity contribution in [1.82, 2.24) is 9.62 Å². The van der Waals surface area contributed by atoms with Crippen LogP contribution >= 0.6 is 0 Å². The van der Waals surface area contributed by atoms with Crippen LogP contribution in [0.4, 0.5) is 4.39 Å². The molecule has 1 saturated heterocycles. The van der Waals surface area contributed by atoms with E-state index in [4.69, 9.17) is 4.74 Å². The number of rotatable bonds is 7. The van der Waals surface area contributed by atoms with Crippen LogP contribution in [0.2, 0.25) is 0 Å². The molecule has 0 aliphatic carbocycles. The molecule has 0 bridgehead atoms. The van der Waals surface area contributed by atoms with Gasteiger partial charge in [-0.2, -0.15) is 4.31 Å². The minimum Gasteiger partial charge on any atom is -0.495 e. The Morgan fingerprint density at radius 2 is 2.19 bits per heavy atom. The molecule has 0 spiro atoms. The SMILES string of the molecule is CCC[C@H](C)NC(=O)[C@@H]1CCCN(S(=O)(=O)c2cc(F)ccc2OC)C1. The third kappa shape index (κ3) is 4.73. The van der Waals surface area contributed by atoms with E-state index in [1.807, 2.05) is 13.8 Å². The molecule has 1 amide bonds. The summed E-state index contributed by atoms with van der Waals surface area (Å²) in [5, 5.41) is 2.95. The molecule has 2 atom stereocenters. The van der Waals surface area contributed by atoms with Gasteiger partial charge < -0.3 is 10.1 Å². The summed E-state index contributed by atoms with van der Waals surface area (Å²) in [6, 6.07) is 3.46. The highest BCUT2D eigenvalue weighted by molar-refractivity contribution is 7.89. The first-order valence-corrected chi connectivity index (χ1v) is 10.4. The number of hydrogen-bond donors (Lipinski definition) is 1. The average molecular weight is 386 g/mol. The number of sulfonamides is 1. The highest BCUT2D eigenvalue weighted by Crippen LogP contribution is 2.30. The van der Waals surface area contributed by atoms with Gasteiger partial charge in [0.05, 0.1) is 13.0 Å². The van der Waals surface area contributed by atoms with E-state index < -0.39 is 21.8 Å². The second-order valence-corrected chi connectivity index (χ2v) is 8.60. The van der Waals surface area contributed by atoms with E-state index in [1.54, 1.807) is 0 Å². The molecule has 0 unspecified atom stereocenters. The fourth-order valence-corrected chi connectivity index (χ4v) is 4.92. The molecule has 146 valence electrons. The summed E-state index contributed by atoms with van der Waals surface area (Å²) in [6.07, 6.45) is 3.06. The third-order valence-electron chi connectivity index (χ3n) is 4.61. The largest absolute Gasteiger partial charge is 0.495 e. The van der Waals surface area contributed by atoms with Crippen LogP contribution < -0.4 is 10.1 Å². The van der Waals surface area contributed by atoms with Gasteiger partial charge in [-0.3, -0.25) is 4.79 Å². The number of hydrogen-bond acceptors (Lipinski definition) is 4. The zero-order chi connectivity index (χ0) is 19.3. The smallest absolute Gasteiger partial charge is 0.246 e. The molecule has 1 N–H and O–H groups in total. The van der Waals surface area contributed by atoms with Gasteiger partial charge >= 0.3 is 0 Å². The Labute approximate surface area is 154 Å². The van der Waals surface area contributed by atoms with Gasteiger partial charge in [-0.1, -0.05) is 13.3 Å². The molecule has 2 rings (SSSR count). The predicted octanol–water partition coefficient (Wildman–Crippen LogP) is 2.54. The van der Waals surface area contributed by atoms with E-state index >= 15 is 0 Å². The first-order chi connectivity index (χ1) is 12.3. The molecular formula is C18H27FN2O4S. The van der Waals surface area contributed by atoms with Crippen LogP contribution in [0.25, 0.3) is 0 Å². The van der Waals surface area contributed by atoms with Crippen molar-refractivity contribution in [3.05, 3.63) is 24.0 Å². The maximum absolute atomic E-state index is 13.6. The fourth-order valence-electron chi connectivity index (χ4n) is 3.23. The van der Waals surface area contributed by atoms with Gasteiger partial charge in [-0.05, 0) is 44.4 Å². The van der Waals surface area contributed by atoms with Crippen LogP contribution in [0.15, 0.2) is 23.1 Å². The van der Waals surface area contributed by atoms with Crippen LogP contribution in [0, 0.1) is 11.7 Å². The van der Waals surface area contributed by atoms with Crippen molar-refractivity contribution in [2.45, 2.75) is 50.5 Å². The topological polar surface area (TPSA) is 75.7 Å². The lowest BCUT2D eigenvalue weighted by molar-refractivity contribution is -0.126. The molecule has 6 nitrogen and oxygen atoms in total. The lowest BCUT2D eigenvalue weighted by atomic mass is 9.98. The lowest BCUT2D eigenvalue weighted by Gasteiger charge is -2.32. The van der Waals surface area contributed by atoms with Gasteiger partial charge in [-0.15, -0.1) is 0 Å². The Bertz CT molecular complexity index is 739. The number of benzene rings is 1. The minimum absolute atomic E-state index is 0.0581. The summed E-state index contributed by atoms with van der Waals surface area (Å²) in [7, 11) is -2.60. The number of halogens is 1. The van der Waals surface area contributed by atoms with Gasteiger partial charge in [0.2, 0.25) is 15.9 Å². The van der Waals surface area contributed by atoms with E-state index in [9.17, 15) is 17.6 Å². The molecule has 1 aromatic carbocycles. The molecular weight excluding hydrogens is 359 g/mol. The molecule has 1 aliphatic heterocycles. The molecule has 0 aromatic heterocycles. The van der Waals surface area contributed by atoms with Gasteiger partial charge in [0.1, 0.15) is 16.5 Å². The standard InChI is InChI=1S/C18H27FN2O4S/c1-4-6-13(2)20-18(22)14-7-5-10-21(12-14)26(23,24)17-11-15(19)8-9-16(17)25-3/h8-9,11,13-14H,4-7,10,12H2,1-3H3,(H,20,22)/t13-,14+/m0/s1. The molecule has 1 fully saturated rings. The van der Waals surface area contributed by atoms with Crippen LogP contribution in [0.3, 0.4) is 0 Å². The Kier molecular flexibility index (Phi) is 7.00. The highest BCUT2D eigenvalue weighted by atomic mass is 32.2. The summed E-state index contributed by atoms with van der Waals surface area (Å²) in [6.45, 7) is 4.38. The zero-order valence-electron chi connectivity index (χ0n) is 15.5. The molecule has 8 heteroatoms. The second-order valence-electron chi connectivity index (χ2n) is 6.70. The number of amides is 1. The molecule has 0 saturated carbocycles. The number of methoxy groups -OCH3 is 1. The zero-order valence-corrected chi connectivity index (χ0v) is 16.3. The number of carbonyl (C=O) groups is 1. The Morgan fingerprint density at radius 1 is 1.46 bits per heavy atom. The predicted molar refractivity (Wildman–Crippen MR) is 96.9 cm³/mol. The summed E-state index contributed by atoms with van der Waals surface area (Å²) >= 11 is 0. The van der Waals surface area contributed by atoms with E-state index in [1.165, 1.54) is 17.5 Å². The van der Waals surface area contributed by atoms with Crippen molar-refractivity contribution in [2.75, 3.05) is 20.2 Å². The monoisotopic (exact) mass is 386 g/mol. The number of nitrogens with one attached hydrogen (secondary N) is 1. The molecule has 1 aromatic rings. The number of carbonyl (C=O) groups excluding carboxylic acids is 1. The van der Waals surface area contributed by atoms with E-state index in [-0.39, 0.29) is 29.1 Å². The Hall–Kier alpha value is -1.67. The number of piperidine rings is 1. The third-order valence-corrected chi connectivity index (χ3v) is 6.50. The van der Waals surface area contributed by atoms with Gasteiger partial charge in [-0.25, -0.2) is 12.8 Å². The maximum atomic E-state index is 13.6. The normalized spacial score (nSPS) is 19.8. The molecule has 0 radical (unpaired) electrons. The lowest BCUT2D eigenvalue weighted by Crippen LogP contribution is -2.47. The first kappa shape index (κ1) is 20.6. The van der Waals surface area contributed by atoms with Crippen molar-refractivity contribution in [2.24, 2.45) is 5.92 Å². The van der Waals surface area contributed by atoms with E-state index in [0.29, 0.717) is 19.4 Å². The van der Waals surface area contributed by atoms with Gasteiger partial charge in [0, 0.05) is 19.1 Å². The Balaban J connectivity index is 2.18. The van der Waals surface area contributed by atoms with E-state index in [0.717, 1.165) is 25.0 Å². The van der Waals surface area contributed by atoms with E-state index in [2.05, 4.69) is 5.32 Å². The molecule has 26 heavy (non-hydrogen) atoms. The highest BCUT2D eigenvalue weighted by Gasteiger charge is 2.35. The number of ether oxygens (including phenoxy) is 1. The second kappa shape index (κ2) is 8.81. The van der Waals surface area contributed by atoms with Crippen LogP contribution in [-0.2, 0) is 14.8 Å². The van der Waals surface area contributed by atoms with Crippen molar-refractivity contribution >= 4 is 15.9 Å². The molecule has 1 aliphatic rings.